The van der Waals surface area contributed by atoms with Crippen LogP contribution in [0.1, 0.15) is 26.3 Å². The number of rotatable bonds is 4. The van der Waals surface area contributed by atoms with Gasteiger partial charge >= 0.3 is 0 Å². The Labute approximate surface area is 307 Å². The molecule has 0 saturated carbocycles. The van der Waals surface area contributed by atoms with Crippen molar-refractivity contribution in [2.24, 2.45) is 0 Å². The van der Waals surface area contributed by atoms with Gasteiger partial charge in [0.05, 0.1) is 0 Å². The predicted octanol–water partition coefficient (Wildman–Crippen LogP) is 13.2. The second-order valence-corrected chi connectivity index (χ2v) is 14.9. The number of benzene rings is 8. The molecule has 0 N–H and O–H groups in total. The fourth-order valence-electron chi connectivity index (χ4n) is 7.65. The van der Waals surface area contributed by atoms with Crippen molar-refractivity contribution < 1.29 is 4.42 Å². The highest BCUT2D eigenvalue weighted by atomic mass is 16.3. The van der Waals surface area contributed by atoms with Crippen molar-refractivity contribution in [3.8, 4) is 45.3 Å². The normalized spacial score (nSPS) is 12.1. The molecule has 0 aliphatic carbocycles. The zero-order valence-electron chi connectivity index (χ0n) is 29.8. The molecule has 0 saturated heterocycles. The Balaban J connectivity index is 1.21. The summed E-state index contributed by atoms with van der Waals surface area (Å²) in [4.78, 5) is 15.7. The molecule has 10 rings (SSSR count). The maximum absolute atomic E-state index is 6.29. The molecule has 0 bridgehead atoms. The summed E-state index contributed by atoms with van der Waals surface area (Å²) >= 11 is 0. The third-order valence-corrected chi connectivity index (χ3v) is 10.5. The first-order chi connectivity index (χ1) is 25.9. The largest absolute Gasteiger partial charge is 0.456 e. The lowest BCUT2D eigenvalue weighted by Gasteiger charge is -2.19. The van der Waals surface area contributed by atoms with Crippen LogP contribution in [0.2, 0.25) is 0 Å². The van der Waals surface area contributed by atoms with E-state index in [1.54, 1.807) is 0 Å². The minimum atomic E-state index is 0.0655. The van der Waals surface area contributed by atoms with Crippen LogP contribution in [-0.4, -0.2) is 15.0 Å². The van der Waals surface area contributed by atoms with Gasteiger partial charge in [-0.1, -0.05) is 154 Å². The minimum absolute atomic E-state index is 0.0655. The van der Waals surface area contributed by atoms with Crippen molar-refractivity contribution in [3.05, 3.63) is 163 Å². The van der Waals surface area contributed by atoms with Crippen molar-refractivity contribution in [2.75, 3.05) is 0 Å². The number of hydrogen-bond acceptors (Lipinski definition) is 4. The van der Waals surface area contributed by atoms with Gasteiger partial charge in [0.1, 0.15) is 11.2 Å². The molecule has 4 heteroatoms. The number of aromatic nitrogens is 3. The second-order valence-electron chi connectivity index (χ2n) is 14.9. The van der Waals surface area contributed by atoms with E-state index in [0.717, 1.165) is 54.8 Å². The van der Waals surface area contributed by atoms with Crippen molar-refractivity contribution in [1.82, 2.24) is 15.0 Å². The number of furan rings is 1. The summed E-state index contributed by atoms with van der Waals surface area (Å²) in [6, 6.07) is 55.6. The highest BCUT2D eigenvalue weighted by molar-refractivity contribution is 6.13. The van der Waals surface area contributed by atoms with Gasteiger partial charge in [0.25, 0.3) is 0 Å². The molecule has 2 aromatic heterocycles. The molecule has 4 nitrogen and oxygen atoms in total. The van der Waals surface area contributed by atoms with Gasteiger partial charge in [-0.15, -0.1) is 0 Å². The lowest BCUT2D eigenvalue weighted by Crippen LogP contribution is -2.10. The quantitative estimate of drug-likeness (QED) is 0.174. The summed E-state index contributed by atoms with van der Waals surface area (Å²) in [6.07, 6.45) is 0. The van der Waals surface area contributed by atoms with Crippen LogP contribution in [0, 0.1) is 0 Å². The van der Waals surface area contributed by atoms with Crippen LogP contribution in [0.5, 0.6) is 0 Å². The van der Waals surface area contributed by atoms with Crippen LogP contribution in [0.15, 0.2) is 162 Å². The number of fused-ring (bicyclic) bond motifs is 7. The van der Waals surface area contributed by atoms with E-state index in [4.69, 9.17) is 19.4 Å². The smallest absolute Gasteiger partial charge is 0.164 e. The lowest BCUT2D eigenvalue weighted by molar-refractivity contribution is 0.591. The number of nitrogens with zero attached hydrogens (tertiary/aromatic N) is 3. The highest BCUT2D eigenvalue weighted by Gasteiger charge is 2.20. The molecule has 10 aromatic rings. The van der Waals surface area contributed by atoms with Gasteiger partial charge < -0.3 is 4.42 Å². The van der Waals surface area contributed by atoms with Gasteiger partial charge in [0.2, 0.25) is 0 Å². The minimum Gasteiger partial charge on any atom is -0.456 e. The Morgan fingerprint density at radius 2 is 1.04 bits per heavy atom. The van der Waals surface area contributed by atoms with Gasteiger partial charge in [-0.3, -0.25) is 0 Å². The lowest BCUT2D eigenvalue weighted by atomic mass is 9.86. The zero-order chi connectivity index (χ0) is 35.7. The molecule has 0 aliphatic rings. The van der Waals surface area contributed by atoms with E-state index >= 15 is 0 Å². The highest BCUT2D eigenvalue weighted by Crippen LogP contribution is 2.39. The molecular weight excluding hydrogens is 647 g/mol. The Morgan fingerprint density at radius 1 is 0.396 bits per heavy atom. The van der Waals surface area contributed by atoms with E-state index in [0.29, 0.717) is 17.5 Å². The van der Waals surface area contributed by atoms with Crippen molar-refractivity contribution >= 4 is 54.3 Å². The SMILES string of the molecule is CC(C)(C)c1ccc2cc(-c3nc(-c4cccc5c4ccc4ccc(-c6ccccc6)cc45)nc(-c4cccc5oc6ccccc6c45)n3)ccc2c1. The fourth-order valence-corrected chi connectivity index (χ4v) is 7.65. The topological polar surface area (TPSA) is 51.8 Å². The Hall–Kier alpha value is -6.65. The second kappa shape index (κ2) is 12.0. The van der Waals surface area contributed by atoms with Gasteiger partial charge in [0, 0.05) is 27.5 Å². The van der Waals surface area contributed by atoms with Crippen LogP contribution >= 0.6 is 0 Å². The monoisotopic (exact) mass is 681 g/mol. The Morgan fingerprint density at radius 3 is 1.91 bits per heavy atom. The maximum atomic E-state index is 6.29. The van der Waals surface area contributed by atoms with E-state index in [1.807, 2.05) is 30.3 Å². The van der Waals surface area contributed by atoms with Gasteiger partial charge in [-0.05, 0) is 78.7 Å². The number of para-hydroxylation sites is 1. The van der Waals surface area contributed by atoms with Crippen LogP contribution in [0.4, 0.5) is 0 Å². The molecular formula is C49H35N3O. The standard InChI is InChI=1S/C49H35N3O/c1-49(2,3)36-25-23-32-27-35(22-21-33(32)28-36)46-50-47(52-48(51-46)41-16-10-18-44-45(41)40-13-7-8-17-43(40)53-44)39-15-9-14-37-38(39)26-24-31-19-20-34(29-42(31)37)30-11-5-4-6-12-30/h4-29H,1-3H3. The van der Waals surface area contributed by atoms with Crippen LogP contribution in [0.3, 0.4) is 0 Å². The van der Waals surface area contributed by atoms with Crippen LogP contribution in [-0.2, 0) is 5.41 Å². The molecule has 53 heavy (non-hydrogen) atoms. The third kappa shape index (κ3) is 5.34. The van der Waals surface area contributed by atoms with E-state index < -0.39 is 0 Å². The zero-order valence-corrected chi connectivity index (χ0v) is 29.8. The molecule has 0 radical (unpaired) electrons. The van der Waals surface area contributed by atoms with E-state index in [9.17, 15) is 0 Å². The van der Waals surface area contributed by atoms with Crippen molar-refractivity contribution in [1.29, 1.82) is 0 Å². The summed E-state index contributed by atoms with van der Waals surface area (Å²) in [7, 11) is 0. The first-order valence-corrected chi connectivity index (χ1v) is 18.1. The van der Waals surface area contributed by atoms with Crippen molar-refractivity contribution in [3.63, 3.8) is 0 Å². The molecule has 0 unspecified atom stereocenters. The van der Waals surface area contributed by atoms with E-state index in [2.05, 4.69) is 148 Å². The first-order valence-electron chi connectivity index (χ1n) is 18.1. The first kappa shape index (κ1) is 31.1. The van der Waals surface area contributed by atoms with E-state index in [-0.39, 0.29) is 5.41 Å². The molecule has 252 valence electrons. The average Bonchev–Trinajstić information content (AvgIpc) is 3.59. The summed E-state index contributed by atoms with van der Waals surface area (Å²) in [5.41, 5.74) is 8.20. The van der Waals surface area contributed by atoms with Gasteiger partial charge in [0.15, 0.2) is 17.5 Å². The molecule has 0 amide bonds. The summed E-state index contributed by atoms with van der Waals surface area (Å²) in [5.74, 6) is 1.86. The molecule has 0 fully saturated rings. The predicted molar refractivity (Wildman–Crippen MR) is 220 cm³/mol. The van der Waals surface area contributed by atoms with Crippen LogP contribution < -0.4 is 0 Å². The maximum Gasteiger partial charge on any atom is 0.164 e. The summed E-state index contributed by atoms with van der Waals surface area (Å²) < 4.78 is 6.29. The third-order valence-electron chi connectivity index (χ3n) is 10.5. The molecule has 0 atom stereocenters. The molecule has 2 heterocycles. The van der Waals surface area contributed by atoms with Crippen molar-refractivity contribution in [2.45, 2.75) is 26.2 Å². The molecule has 0 spiro atoms. The number of hydrogen-bond donors (Lipinski definition) is 0. The van der Waals surface area contributed by atoms with Gasteiger partial charge in [-0.25, -0.2) is 15.0 Å². The van der Waals surface area contributed by atoms with E-state index in [1.165, 1.54) is 32.8 Å². The Kier molecular flexibility index (Phi) is 7.02. The summed E-state index contributed by atoms with van der Waals surface area (Å²) in [5, 5.41) is 9.01. The molecule has 8 aromatic carbocycles. The molecule has 0 aliphatic heterocycles. The Bertz CT molecular complexity index is 3040. The average molecular weight is 682 g/mol. The van der Waals surface area contributed by atoms with Crippen LogP contribution in [0.25, 0.3) is 99.5 Å². The summed E-state index contributed by atoms with van der Waals surface area (Å²) in [6.45, 7) is 6.75. The van der Waals surface area contributed by atoms with Gasteiger partial charge in [-0.2, -0.15) is 0 Å². The fraction of sp³-hybridized carbons (Fsp3) is 0.0816.